The highest BCUT2D eigenvalue weighted by Gasteiger charge is 2.17. The normalized spacial score (nSPS) is 15.3. The molecule has 0 unspecified atom stereocenters. The van der Waals surface area contributed by atoms with Gasteiger partial charge >= 0.3 is 0 Å². The summed E-state index contributed by atoms with van der Waals surface area (Å²) in [6, 6.07) is 19.2. The lowest BCUT2D eigenvalue weighted by Gasteiger charge is -2.34. The molecule has 1 fully saturated rings. The van der Waals surface area contributed by atoms with Crippen molar-refractivity contribution in [3.63, 3.8) is 0 Å². The van der Waals surface area contributed by atoms with Crippen molar-refractivity contribution >= 4 is 23.2 Å². The second kappa shape index (κ2) is 9.22. The molecule has 0 aromatic heterocycles. The Labute approximate surface area is 164 Å². The first-order valence-corrected chi connectivity index (χ1v) is 9.21. The lowest BCUT2D eigenvalue weighted by atomic mass is 10.2. The number of carbonyl (C=O) groups excluding carboxylic acids is 1. The highest BCUT2D eigenvalue weighted by atomic mass is 35.5. The molecule has 1 saturated heterocycles. The molecule has 1 N–H and O–H groups in total. The van der Waals surface area contributed by atoms with E-state index in [1.54, 1.807) is 30.5 Å². The Balaban J connectivity index is 1.55. The van der Waals surface area contributed by atoms with Gasteiger partial charge in [0.1, 0.15) is 11.6 Å². The number of carbonyl (C=O) groups is 1. The van der Waals surface area contributed by atoms with Crippen LogP contribution < -0.4 is 5.32 Å². The first-order chi connectivity index (χ1) is 13.1. The second-order valence-corrected chi connectivity index (χ2v) is 6.85. The van der Waals surface area contributed by atoms with E-state index in [1.807, 2.05) is 29.2 Å². The zero-order chi connectivity index (χ0) is 19.1. The van der Waals surface area contributed by atoms with Gasteiger partial charge in [0.15, 0.2) is 0 Å². The maximum absolute atomic E-state index is 12.4. The molecule has 1 amide bonds. The van der Waals surface area contributed by atoms with E-state index in [9.17, 15) is 10.1 Å². The molecule has 27 heavy (non-hydrogen) atoms. The van der Waals surface area contributed by atoms with Crippen molar-refractivity contribution in [2.75, 3.05) is 31.5 Å². The largest absolute Gasteiger partial charge is 0.374 e. The average Bonchev–Trinajstić information content (AvgIpc) is 2.68. The number of hydrogen-bond donors (Lipinski definition) is 1. The Hall–Kier alpha value is -2.81. The van der Waals surface area contributed by atoms with Gasteiger partial charge in [0, 0.05) is 49.6 Å². The smallest absolute Gasteiger partial charge is 0.267 e. The van der Waals surface area contributed by atoms with Crippen LogP contribution in [-0.2, 0) is 11.3 Å². The van der Waals surface area contributed by atoms with Gasteiger partial charge in [0.25, 0.3) is 5.91 Å². The highest BCUT2D eigenvalue weighted by Crippen LogP contribution is 2.16. The third-order valence-electron chi connectivity index (χ3n) is 4.42. The van der Waals surface area contributed by atoms with Crippen LogP contribution in [-0.4, -0.2) is 41.9 Å². The monoisotopic (exact) mass is 380 g/mol. The minimum absolute atomic E-state index is 0.0893. The number of nitrogens with one attached hydrogen (secondary N) is 1. The zero-order valence-electron chi connectivity index (χ0n) is 14.9. The molecule has 138 valence electrons. The zero-order valence-corrected chi connectivity index (χ0v) is 15.7. The van der Waals surface area contributed by atoms with E-state index in [4.69, 9.17) is 11.6 Å². The van der Waals surface area contributed by atoms with E-state index in [0.717, 1.165) is 32.7 Å². The van der Waals surface area contributed by atoms with Crippen molar-refractivity contribution in [1.82, 2.24) is 9.80 Å². The lowest BCUT2D eigenvalue weighted by molar-refractivity contribution is -0.112. The number of anilines is 1. The van der Waals surface area contributed by atoms with Gasteiger partial charge in [-0.1, -0.05) is 48.0 Å². The predicted molar refractivity (Wildman–Crippen MR) is 107 cm³/mol. The quantitative estimate of drug-likeness (QED) is 0.637. The summed E-state index contributed by atoms with van der Waals surface area (Å²) in [5.74, 6) is -0.425. The van der Waals surface area contributed by atoms with E-state index in [2.05, 4.69) is 22.3 Å². The number of piperazine rings is 1. The molecule has 0 saturated carbocycles. The number of rotatable bonds is 5. The van der Waals surface area contributed by atoms with Crippen LogP contribution in [0.15, 0.2) is 66.4 Å². The number of benzene rings is 2. The van der Waals surface area contributed by atoms with Crippen molar-refractivity contribution < 1.29 is 4.79 Å². The van der Waals surface area contributed by atoms with Gasteiger partial charge < -0.3 is 10.2 Å². The van der Waals surface area contributed by atoms with Crippen LogP contribution in [0.1, 0.15) is 5.56 Å². The third-order valence-corrected chi connectivity index (χ3v) is 4.65. The van der Waals surface area contributed by atoms with Crippen LogP contribution in [0.25, 0.3) is 0 Å². The molecule has 3 rings (SSSR count). The SMILES string of the molecule is N#C/C(=C/N1CCN(Cc2ccccc2)CC1)C(=O)Nc1cccc(Cl)c1. The van der Waals surface area contributed by atoms with Gasteiger partial charge in [-0.2, -0.15) is 5.26 Å². The number of nitriles is 1. The van der Waals surface area contributed by atoms with Crippen molar-refractivity contribution in [1.29, 1.82) is 5.26 Å². The summed E-state index contributed by atoms with van der Waals surface area (Å²) in [5, 5.41) is 12.6. The van der Waals surface area contributed by atoms with E-state index in [1.165, 1.54) is 5.56 Å². The fourth-order valence-corrected chi connectivity index (χ4v) is 3.17. The summed E-state index contributed by atoms with van der Waals surface area (Å²) in [6.07, 6.45) is 1.65. The molecule has 5 nitrogen and oxygen atoms in total. The maximum atomic E-state index is 12.4. The Morgan fingerprint density at radius 2 is 1.85 bits per heavy atom. The lowest BCUT2D eigenvalue weighted by Crippen LogP contribution is -2.43. The van der Waals surface area contributed by atoms with E-state index in [-0.39, 0.29) is 5.57 Å². The molecule has 6 heteroatoms. The van der Waals surface area contributed by atoms with E-state index in [0.29, 0.717) is 10.7 Å². The summed E-state index contributed by atoms with van der Waals surface area (Å²) >= 11 is 5.93. The molecular formula is C21H21ClN4O. The fourth-order valence-electron chi connectivity index (χ4n) is 2.98. The molecule has 0 radical (unpaired) electrons. The third kappa shape index (κ3) is 5.58. The van der Waals surface area contributed by atoms with Crippen molar-refractivity contribution in [2.24, 2.45) is 0 Å². The van der Waals surface area contributed by atoms with Gasteiger partial charge in [0.2, 0.25) is 0 Å². The van der Waals surface area contributed by atoms with Crippen LogP contribution in [0.5, 0.6) is 0 Å². The molecule has 1 heterocycles. The van der Waals surface area contributed by atoms with Crippen molar-refractivity contribution in [2.45, 2.75) is 6.54 Å². The summed E-state index contributed by atoms with van der Waals surface area (Å²) in [6.45, 7) is 4.25. The van der Waals surface area contributed by atoms with Crippen LogP contribution in [0.2, 0.25) is 5.02 Å². The Bertz CT molecular complexity index is 852. The minimum atomic E-state index is -0.425. The molecule has 1 aliphatic rings. The van der Waals surface area contributed by atoms with Crippen LogP contribution in [0, 0.1) is 11.3 Å². The Morgan fingerprint density at radius 3 is 2.52 bits per heavy atom. The first-order valence-electron chi connectivity index (χ1n) is 8.83. The summed E-state index contributed by atoms with van der Waals surface area (Å²) in [5.41, 5.74) is 1.95. The molecule has 0 aliphatic carbocycles. The predicted octanol–water partition coefficient (Wildman–Crippen LogP) is 3.50. The highest BCUT2D eigenvalue weighted by molar-refractivity contribution is 6.31. The number of hydrogen-bond acceptors (Lipinski definition) is 4. The number of amides is 1. The van der Waals surface area contributed by atoms with Gasteiger partial charge in [-0.3, -0.25) is 9.69 Å². The topological polar surface area (TPSA) is 59.4 Å². The molecule has 0 spiro atoms. The molecule has 0 atom stereocenters. The van der Waals surface area contributed by atoms with Gasteiger partial charge in [-0.25, -0.2) is 0 Å². The van der Waals surface area contributed by atoms with Crippen LogP contribution in [0.3, 0.4) is 0 Å². The van der Waals surface area contributed by atoms with Crippen molar-refractivity contribution in [3.8, 4) is 6.07 Å². The molecule has 0 bridgehead atoms. The minimum Gasteiger partial charge on any atom is -0.374 e. The average molecular weight is 381 g/mol. The molecule has 2 aromatic rings. The summed E-state index contributed by atoms with van der Waals surface area (Å²) in [7, 11) is 0. The molecular weight excluding hydrogens is 360 g/mol. The Kier molecular flexibility index (Phi) is 6.48. The van der Waals surface area contributed by atoms with E-state index < -0.39 is 5.91 Å². The van der Waals surface area contributed by atoms with E-state index >= 15 is 0 Å². The first kappa shape index (κ1) is 19.0. The maximum Gasteiger partial charge on any atom is 0.267 e. The molecule has 2 aromatic carbocycles. The summed E-state index contributed by atoms with van der Waals surface area (Å²) in [4.78, 5) is 16.8. The second-order valence-electron chi connectivity index (χ2n) is 6.42. The van der Waals surface area contributed by atoms with Crippen molar-refractivity contribution in [3.05, 3.63) is 77.0 Å². The van der Waals surface area contributed by atoms with Gasteiger partial charge in [0.05, 0.1) is 0 Å². The fraction of sp³-hybridized carbons (Fsp3) is 0.238. The van der Waals surface area contributed by atoms with Crippen LogP contribution in [0.4, 0.5) is 5.69 Å². The summed E-state index contributed by atoms with van der Waals surface area (Å²) < 4.78 is 0. The molecule has 1 aliphatic heterocycles. The van der Waals surface area contributed by atoms with Gasteiger partial charge in [-0.05, 0) is 23.8 Å². The van der Waals surface area contributed by atoms with Gasteiger partial charge in [-0.15, -0.1) is 0 Å². The standard InChI is InChI=1S/C21H21ClN4O/c22-19-7-4-8-20(13-19)24-21(27)18(14-23)16-26-11-9-25(10-12-26)15-17-5-2-1-3-6-17/h1-8,13,16H,9-12,15H2,(H,24,27)/b18-16-. The van der Waals surface area contributed by atoms with Crippen LogP contribution >= 0.6 is 11.6 Å². The number of nitrogens with zero attached hydrogens (tertiary/aromatic N) is 3. The Morgan fingerprint density at radius 1 is 1.11 bits per heavy atom. The number of halogens is 1.